The topological polar surface area (TPSA) is 66.5 Å². The molecule has 26 heavy (non-hydrogen) atoms. The van der Waals surface area contributed by atoms with E-state index in [-0.39, 0.29) is 25.1 Å². The fraction of sp³-hybridized carbons (Fsp3) is 0.235. The Bertz CT molecular complexity index is 891. The zero-order valence-corrected chi connectivity index (χ0v) is 17.0. The molecule has 0 fully saturated rings. The fourth-order valence-electron chi connectivity index (χ4n) is 2.28. The van der Waals surface area contributed by atoms with E-state index in [2.05, 4.69) is 21.2 Å². The molecule has 1 N–H and O–H groups in total. The molecule has 1 amide bonds. The molecule has 5 nitrogen and oxygen atoms in total. The van der Waals surface area contributed by atoms with Crippen molar-refractivity contribution in [1.29, 1.82) is 0 Å². The van der Waals surface area contributed by atoms with Gasteiger partial charge in [0.05, 0.1) is 17.6 Å². The van der Waals surface area contributed by atoms with Gasteiger partial charge < -0.3 is 5.32 Å². The first-order valence-corrected chi connectivity index (χ1v) is 10.7. The minimum atomic E-state index is -3.51. The maximum atomic E-state index is 13.7. The molecule has 0 spiro atoms. The highest BCUT2D eigenvalue weighted by Gasteiger charge is 2.17. The quantitative estimate of drug-likeness (QED) is 0.661. The van der Waals surface area contributed by atoms with Gasteiger partial charge in [0.25, 0.3) is 0 Å². The van der Waals surface area contributed by atoms with Crippen LogP contribution in [0.1, 0.15) is 12.8 Å². The number of nitrogens with zero attached hydrogens (tertiary/aromatic N) is 1. The van der Waals surface area contributed by atoms with E-state index in [9.17, 15) is 17.6 Å². The second kappa shape index (κ2) is 8.83. The largest absolute Gasteiger partial charge is 0.324 e. The number of hydrogen-bond acceptors (Lipinski definition) is 3. The molecule has 2 aromatic carbocycles. The van der Waals surface area contributed by atoms with E-state index in [0.29, 0.717) is 15.2 Å². The van der Waals surface area contributed by atoms with E-state index in [0.717, 1.165) is 6.26 Å². The van der Waals surface area contributed by atoms with Crippen molar-refractivity contribution in [3.05, 3.63) is 57.8 Å². The van der Waals surface area contributed by atoms with Gasteiger partial charge in [-0.05, 0) is 48.9 Å². The van der Waals surface area contributed by atoms with Crippen LogP contribution in [0.2, 0.25) is 5.02 Å². The van der Waals surface area contributed by atoms with Crippen molar-refractivity contribution in [2.45, 2.75) is 12.8 Å². The predicted octanol–water partition coefficient (Wildman–Crippen LogP) is 4.43. The highest BCUT2D eigenvalue weighted by Crippen LogP contribution is 2.22. The van der Waals surface area contributed by atoms with Crippen LogP contribution in [0.15, 0.2) is 46.9 Å². The van der Waals surface area contributed by atoms with E-state index in [1.807, 2.05) is 0 Å². The molecular weight excluding hydrogens is 447 g/mol. The van der Waals surface area contributed by atoms with Crippen molar-refractivity contribution < 1.29 is 17.6 Å². The Hall–Kier alpha value is -1.64. The number of nitrogens with one attached hydrogen (secondary N) is 1. The Labute approximate surface area is 165 Å². The standard InChI is InChI=1S/C17H17BrClFN2O3S/c1-26(24,25)22(14-7-5-13(19)6-8-14)10-2-3-17(23)21-16-9-4-12(18)11-15(16)20/h4-9,11H,2-3,10H2,1H3,(H,21,23). The van der Waals surface area contributed by atoms with E-state index in [1.54, 1.807) is 30.3 Å². The van der Waals surface area contributed by atoms with Crippen LogP contribution >= 0.6 is 27.5 Å². The van der Waals surface area contributed by atoms with E-state index in [1.165, 1.54) is 16.4 Å². The lowest BCUT2D eigenvalue weighted by Crippen LogP contribution is -2.31. The van der Waals surface area contributed by atoms with Crippen molar-refractivity contribution >= 4 is 54.8 Å². The first-order valence-electron chi connectivity index (χ1n) is 7.65. The third kappa shape index (κ3) is 5.96. The van der Waals surface area contributed by atoms with Crippen LogP contribution in [-0.2, 0) is 14.8 Å². The van der Waals surface area contributed by atoms with Crippen LogP contribution in [-0.4, -0.2) is 27.1 Å². The van der Waals surface area contributed by atoms with E-state index >= 15 is 0 Å². The van der Waals surface area contributed by atoms with Crippen molar-refractivity contribution in [1.82, 2.24) is 0 Å². The van der Waals surface area contributed by atoms with E-state index in [4.69, 9.17) is 11.6 Å². The molecular formula is C17H17BrClFN2O3S. The zero-order chi connectivity index (χ0) is 19.3. The third-order valence-electron chi connectivity index (χ3n) is 3.49. The molecule has 0 atom stereocenters. The van der Waals surface area contributed by atoms with Gasteiger partial charge in [-0.25, -0.2) is 12.8 Å². The lowest BCUT2D eigenvalue weighted by Gasteiger charge is -2.22. The molecule has 0 radical (unpaired) electrons. The molecule has 0 saturated carbocycles. The van der Waals surface area contributed by atoms with Crippen LogP contribution in [0.4, 0.5) is 15.8 Å². The Morgan fingerprint density at radius 3 is 2.46 bits per heavy atom. The molecule has 0 heterocycles. The Balaban J connectivity index is 1.96. The summed E-state index contributed by atoms with van der Waals surface area (Å²) in [5.41, 5.74) is 0.548. The number of amides is 1. The average molecular weight is 464 g/mol. The number of hydrogen-bond donors (Lipinski definition) is 1. The predicted molar refractivity (Wildman–Crippen MR) is 106 cm³/mol. The summed E-state index contributed by atoms with van der Waals surface area (Å²) in [4.78, 5) is 12.0. The second-order valence-corrected chi connectivity index (χ2v) is 8.85. The normalized spacial score (nSPS) is 11.2. The monoisotopic (exact) mass is 462 g/mol. The molecule has 140 valence electrons. The minimum Gasteiger partial charge on any atom is -0.324 e. The van der Waals surface area contributed by atoms with Gasteiger partial charge in [-0.1, -0.05) is 27.5 Å². The van der Waals surface area contributed by atoms with Crippen LogP contribution in [0.5, 0.6) is 0 Å². The maximum absolute atomic E-state index is 13.7. The molecule has 0 aliphatic heterocycles. The number of carbonyl (C=O) groups is 1. The highest BCUT2D eigenvalue weighted by atomic mass is 79.9. The lowest BCUT2D eigenvalue weighted by molar-refractivity contribution is -0.116. The molecule has 0 bridgehead atoms. The third-order valence-corrected chi connectivity index (χ3v) is 5.42. The summed E-state index contributed by atoms with van der Waals surface area (Å²) < 4.78 is 39.5. The number of anilines is 2. The summed E-state index contributed by atoms with van der Waals surface area (Å²) in [6.07, 6.45) is 1.42. The summed E-state index contributed by atoms with van der Waals surface area (Å²) >= 11 is 8.96. The van der Waals surface area contributed by atoms with Gasteiger partial charge in [-0.15, -0.1) is 0 Å². The van der Waals surface area contributed by atoms with Crippen LogP contribution in [0.3, 0.4) is 0 Å². The smallest absolute Gasteiger partial charge is 0.232 e. The van der Waals surface area contributed by atoms with Crippen molar-refractivity contribution in [3.63, 3.8) is 0 Å². The molecule has 0 aliphatic carbocycles. The highest BCUT2D eigenvalue weighted by molar-refractivity contribution is 9.10. The van der Waals surface area contributed by atoms with Crippen molar-refractivity contribution in [3.8, 4) is 0 Å². The molecule has 0 aliphatic rings. The molecule has 9 heteroatoms. The fourth-order valence-corrected chi connectivity index (χ4v) is 3.71. The van der Waals surface area contributed by atoms with Crippen LogP contribution in [0, 0.1) is 5.82 Å². The van der Waals surface area contributed by atoms with Gasteiger partial charge in [0.1, 0.15) is 5.82 Å². The summed E-state index contributed by atoms with van der Waals surface area (Å²) in [7, 11) is -3.51. The van der Waals surface area contributed by atoms with Crippen LogP contribution in [0.25, 0.3) is 0 Å². The molecule has 0 aromatic heterocycles. The number of halogens is 3. The molecule has 2 rings (SSSR count). The minimum absolute atomic E-state index is 0.0507. The molecule has 0 unspecified atom stereocenters. The number of sulfonamides is 1. The van der Waals surface area contributed by atoms with Crippen molar-refractivity contribution in [2.24, 2.45) is 0 Å². The Morgan fingerprint density at radius 1 is 1.23 bits per heavy atom. The summed E-state index contributed by atoms with van der Waals surface area (Å²) in [5.74, 6) is -0.942. The average Bonchev–Trinajstić information content (AvgIpc) is 2.54. The van der Waals surface area contributed by atoms with Gasteiger partial charge in [-0.3, -0.25) is 9.10 Å². The summed E-state index contributed by atoms with van der Waals surface area (Å²) in [6.45, 7) is 0.122. The molecule has 2 aromatic rings. The SMILES string of the molecule is CS(=O)(=O)N(CCCC(=O)Nc1ccc(Br)cc1F)c1ccc(Cl)cc1. The number of carbonyl (C=O) groups excluding carboxylic acids is 1. The van der Waals surface area contributed by atoms with Crippen LogP contribution < -0.4 is 9.62 Å². The maximum Gasteiger partial charge on any atom is 0.232 e. The van der Waals surface area contributed by atoms with E-state index < -0.39 is 21.7 Å². The van der Waals surface area contributed by atoms with Crippen molar-refractivity contribution in [2.75, 3.05) is 22.4 Å². The Kier molecular flexibility index (Phi) is 7.02. The first kappa shape index (κ1) is 20.7. The van der Waals surface area contributed by atoms with Gasteiger partial charge in [0.2, 0.25) is 15.9 Å². The number of benzene rings is 2. The second-order valence-electron chi connectivity index (χ2n) is 5.59. The lowest BCUT2D eigenvalue weighted by atomic mass is 10.2. The zero-order valence-electron chi connectivity index (χ0n) is 13.9. The molecule has 0 saturated heterocycles. The van der Waals surface area contributed by atoms with Gasteiger partial charge in [0.15, 0.2) is 0 Å². The first-order chi connectivity index (χ1) is 12.2. The van der Waals surface area contributed by atoms with Gasteiger partial charge >= 0.3 is 0 Å². The summed E-state index contributed by atoms with van der Waals surface area (Å²) in [5, 5.41) is 2.98. The van der Waals surface area contributed by atoms with Gasteiger partial charge in [0, 0.05) is 22.5 Å². The summed E-state index contributed by atoms with van der Waals surface area (Å²) in [6, 6.07) is 10.7. The van der Waals surface area contributed by atoms with Gasteiger partial charge in [-0.2, -0.15) is 0 Å². The number of rotatable bonds is 7. The Morgan fingerprint density at radius 2 is 1.88 bits per heavy atom.